The van der Waals surface area contributed by atoms with Crippen LogP contribution < -0.4 is 5.32 Å². The number of thiol groups is 1. The number of aryl methyl sites for hydroxylation is 2. The lowest BCUT2D eigenvalue weighted by Crippen LogP contribution is -2.26. The van der Waals surface area contributed by atoms with Crippen LogP contribution in [-0.2, 0) is 6.54 Å². The van der Waals surface area contributed by atoms with E-state index in [0.29, 0.717) is 12.1 Å². The van der Waals surface area contributed by atoms with Gasteiger partial charge in [0.25, 0.3) is 5.91 Å². The molecule has 0 aliphatic heterocycles. The van der Waals surface area contributed by atoms with Gasteiger partial charge in [-0.05, 0) is 31.0 Å². The lowest BCUT2D eigenvalue weighted by atomic mass is 10.1. The number of carbonyl (C=O) groups excluding carboxylic acids is 1. The molecule has 0 unspecified atom stereocenters. The minimum atomic E-state index is -0.0630. The Balaban J connectivity index is 1.82. The van der Waals surface area contributed by atoms with Gasteiger partial charge in [-0.2, -0.15) is 0 Å². The van der Waals surface area contributed by atoms with E-state index in [1.54, 1.807) is 23.1 Å². The van der Waals surface area contributed by atoms with Gasteiger partial charge in [0.2, 0.25) is 0 Å². The van der Waals surface area contributed by atoms with Gasteiger partial charge in [0, 0.05) is 29.7 Å². The Morgan fingerprint density at radius 1 is 1.47 bits per heavy atom. The second-order valence-electron chi connectivity index (χ2n) is 4.27. The number of rotatable bonds is 5. The van der Waals surface area contributed by atoms with Gasteiger partial charge in [-0.15, -0.1) is 17.7 Å². The number of hydrogen-bond donors (Lipinski definition) is 2. The van der Waals surface area contributed by atoms with Gasteiger partial charge >= 0.3 is 0 Å². The number of amides is 1. The number of nitrogens with one attached hydrogen (secondary N) is 1. The Kier molecular flexibility index (Phi) is 4.57. The first kappa shape index (κ1) is 13.6. The van der Waals surface area contributed by atoms with Crippen LogP contribution in [0.1, 0.15) is 22.3 Å². The van der Waals surface area contributed by atoms with E-state index < -0.39 is 0 Å². The first-order valence-corrected chi connectivity index (χ1v) is 6.53. The Hall–Kier alpha value is -1.82. The molecule has 0 bridgehead atoms. The quantitative estimate of drug-likeness (QED) is 0.645. The van der Waals surface area contributed by atoms with Crippen molar-refractivity contribution in [3.63, 3.8) is 0 Å². The topological polar surface area (TPSA) is 59.8 Å². The molecular formula is C13H16N4OS. The summed E-state index contributed by atoms with van der Waals surface area (Å²) >= 11 is 4.25. The second-order valence-corrected chi connectivity index (χ2v) is 4.79. The maximum absolute atomic E-state index is 12.0. The van der Waals surface area contributed by atoms with Crippen LogP contribution in [0.5, 0.6) is 0 Å². The normalized spacial score (nSPS) is 10.4. The third-order valence-corrected chi connectivity index (χ3v) is 3.07. The van der Waals surface area contributed by atoms with Crippen LogP contribution >= 0.6 is 12.6 Å². The van der Waals surface area contributed by atoms with Gasteiger partial charge in [0.05, 0.1) is 6.20 Å². The lowest BCUT2D eigenvalue weighted by Gasteiger charge is -2.08. The van der Waals surface area contributed by atoms with Gasteiger partial charge < -0.3 is 5.32 Å². The molecule has 0 fully saturated rings. The molecule has 6 heteroatoms. The van der Waals surface area contributed by atoms with E-state index in [1.165, 1.54) is 0 Å². The zero-order valence-electron chi connectivity index (χ0n) is 10.7. The Bertz CT molecular complexity index is 554. The van der Waals surface area contributed by atoms with Crippen LogP contribution in [0.3, 0.4) is 0 Å². The van der Waals surface area contributed by atoms with Gasteiger partial charge in [0.1, 0.15) is 0 Å². The summed E-state index contributed by atoms with van der Waals surface area (Å²) in [6.45, 7) is 3.26. The molecule has 0 saturated carbocycles. The molecule has 19 heavy (non-hydrogen) atoms. The number of hydrogen-bond acceptors (Lipinski definition) is 4. The Morgan fingerprint density at radius 3 is 3.05 bits per heavy atom. The fraction of sp³-hybridized carbons (Fsp3) is 0.308. The summed E-state index contributed by atoms with van der Waals surface area (Å²) in [5.74, 6) is -0.0630. The third-order valence-electron chi connectivity index (χ3n) is 2.79. The standard InChI is InChI=1S/C13H16N4OS/c1-10-3-4-11(19)9-12(10)13(18)14-5-2-7-17-8-6-15-16-17/h3-4,6,8-9,19H,2,5,7H2,1H3,(H,14,18). The fourth-order valence-corrected chi connectivity index (χ4v) is 1.95. The van der Waals surface area contributed by atoms with Crippen LogP contribution in [0.15, 0.2) is 35.5 Å². The van der Waals surface area contributed by atoms with Crippen molar-refractivity contribution in [3.8, 4) is 0 Å². The Morgan fingerprint density at radius 2 is 2.32 bits per heavy atom. The molecule has 2 aromatic rings. The molecule has 2 rings (SSSR count). The highest BCUT2D eigenvalue weighted by Crippen LogP contribution is 2.13. The first-order chi connectivity index (χ1) is 9.16. The van der Waals surface area contributed by atoms with Crippen LogP contribution in [0, 0.1) is 6.92 Å². The summed E-state index contributed by atoms with van der Waals surface area (Å²) in [5.41, 5.74) is 1.62. The maximum Gasteiger partial charge on any atom is 0.251 e. The zero-order chi connectivity index (χ0) is 13.7. The molecule has 1 aromatic heterocycles. The molecule has 0 radical (unpaired) electrons. The monoisotopic (exact) mass is 276 g/mol. The molecule has 1 N–H and O–H groups in total. The summed E-state index contributed by atoms with van der Waals surface area (Å²) in [6.07, 6.45) is 4.26. The molecule has 0 aliphatic carbocycles. The summed E-state index contributed by atoms with van der Waals surface area (Å²) in [6, 6.07) is 5.55. The predicted octanol–water partition coefficient (Wildman–Crippen LogP) is 1.70. The average molecular weight is 276 g/mol. The zero-order valence-corrected chi connectivity index (χ0v) is 11.6. The molecule has 0 atom stereocenters. The molecule has 100 valence electrons. The van der Waals surface area contributed by atoms with Crippen molar-refractivity contribution < 1.29 is 4.79 Å². The second kappa shape index (κ2) is 6.38. The lowest BCUT2D eigenvalue weighted by molar-refractivity contribution is 0.0951. The largest absolute Gasteiger partial charge is 0.352 e. The van der Waals surface area contributed by atoms with E-state index in [1.807, 2.05) is 19.1 Å². The van der Waals surface area contributed by atoms with E-state index in [9.17, 15) is 4.79 Å². The van der Waals surface area contributed by atoms with Crippen LogP contribution in [0.25, 0.3) is 0 Å². The first-order valence-electron chi connectivity index (χ1n) is 6.09. The van der Waals surface area contributed by atoms with E-state index >= 15 is 0 Å². The van der Waals surface area contributed by atoms with E-state index in [4.69, 9.17) is 0 Å². The minimum Gasteiger partial charge on any atom is -0.352 e. The van der Waals surface area contributed by atoms with Gasteiger partial charge in [-0.3, -0.25) is 9.48 Å². The van der Waals surface area contributed by atoms with Crippen LogP contribution in [0.4, 0.5) is 0 Å². The summed E-state index contributed by atoms with van der Waals surface area (Å²) in [5, 5.41) is 10.5. The van der Waals surface area contributed by atoms with Crippen molar-refractivity contribution in [2.75, 3.05) is 6.54 Å². The minimum absolute atomic E-state index is 0.0630. The molecule has 1 amide bonds. The number of nitrogens with zero attached hydrogens (tertiary/aromatic N) is 3. The number of carbonyl (C=O) groups is 1. The highest BCUT2D eigenvalue weighted by atomic mass is 32.1. The van der Waals surface area contributed by atoms with Crippen molar-refractivity contribution in [3.05, 3.63) is 41.7 Å². The van der Waals surface area contributed by atoms with Crippen LogP contribution in [0.2, 0.25) is 0 Å². The van der Waals surface area contributed by atoms with Crippen LogP contribution in [-0.4, -0.2) is 27.4 Å². The molecular weight excluding hydrogens is 260 g/mol. The number of benzene rings is 1. The fourth-order valence-electron chi connectivity index (χ4n) is 1.74. The molecule has 1 heterocycles. The average Bonchev–Trinajstić information content (AvgIpc) is 2.90. The molecule has 0 saturated heterocycles. The highest BCUT2D eigenvalue weighted by molar-refractivity contribution is 7.80. The van der Waals surface area contributed by atoms with Crippen molar-refractivity contribution in [1.29, 1.82) is 0 Å². The van der Waals surface area contributed by atoms with E-state index in [-0.39, 0.29) is 5.91 Å². The molecule has 5 nitrogen and oxygen atoms in total. The van der Waals surface area contributed by atoms with Gasteiger partial charge in [-0.1, -0.05) is 11.3 Å². The number of aromatic nitrogens is 3. The van der Waals surface area contributed by atoms with Gasteiger partial charge in [-0.25, -0.2) is 0 Å². The molecule has 1 aromatic carbocycles. The van der Waals surface area contributed by atoms with E-state index in [2.05, 4.69) is 28.3 Å². The summed E-state index contributed by atoms with van der Waals surface area (Å²) in [7, 11) is 0. The molecule has 0 spiro atoms. The van der Waals surface area contributed by atoms with E-state index in [0.717, 1.165) is 23.4 Å². The summed E-state index contributed by atoms with van der Waals surface area (Å²) < 4.78 is 1.74. The van der Waals surface area contributed by atoms with Crippen molar-refractivity contribution in [2.45, 2.75) is 24.8 Å². The van der Waals surface area contributed by atoms with Crippen molar-refractivity contribution in [2.24, 2.45) is 0 Å². The predicted molar refractivity (Wildman–Crippen MR) is 75.4 cm³/mol. The maximum atomic E-state index is 12.0. The Labute approximate surface area is 117 Å². The highest BCUT2D eigenvalue weighted by Gasteiger charge is 2.08. The molecule has 0 aliphatic rings. The SMILES string of the molecule is Cc1ccc(S)cc1C(=O)NCCCn1ccnn1. The third kappa shape index (κ3) is 3.82. The van der Waals surface area contributed by atoms with Crippen molar-refractivity contribution >= 4 is 18.5 Å². The smallest absolute Gasteiger partial charge is 0.251 e. The van der Waals surface area contributed by atoms with Gasteiger partial charge in [0.15, 0.2) is 0 Å². The summed E-state index contributed by atoms with van der Waals surface area (Å²) in [4.78, 5) is 12.8. The van der Waals surface area contributed by atoms with Crippen molar-refractivity contribution in [1.82, 2.24) is 20.3 Å².